The lowest BCUT2D eigenvalue weighted by Gasteiger charge is -2.22. The Hall–Kier alpha value is -1.32. The molecule has 2 aromatic carbocycles. The molecule has 98 valence electrons. The summed E-state index contributed by atoms with van der Waals surface area (Å²) in [5.41, 5.74) is 2.62. The maximum atomic E-state index is 11.1. The monoisotopic (exact) mass is 337 g/mol. The van der Waals surface area contributed by atoms with Gasteiger partial charge in [-0.1, -0.05) is 45.7 Å². The molecule has 2 aromatic rings. The molecular formula is C15H13BrClNO. The second kappa shape index (κ2) is 6.22. The third kappa shape index (κ3) is 3.37. The van der Waals surface area contributed by atoms with Crippen LogP contribution in [0, 0.1) is 0 Å². The second-order valence-corrected chi connectivity index (χ2v) is 5.56. The predicted octanol–water partition coefficient (Wildman–Crippen LogP) is 4.55. The number of aldehydes is 1. The molecule has 0 bridgehead atoms. The fourth-order valence-electron chi connectivity index (χ4n) is 1.91. The van der Waals surface area contributed by atoms with Gasteiger partial charge in [0.1, 0.15) is 0 Å². The molecule has 0 aliphatic rings. The average molecular weight is 339 g/mol. The number of carbonyl (C=O) groups is 1. The van der Waals surface area contributed by atoms with E-state index < -0.39 is 0 Å². The minimum atomic E-state index is 0.625. The van der Waals surface area contributed by atoms with Crippen molar-refractivity contribution in [2.75, 3.05) is 11.9 Å². The normalized spacial score (nSPS) is 10.3. The zero-order chi connectivity index (χ0) is 13.8. The summed E-state index contributed by atoms with van der Waals surface area (Å²) in [5.74, 6) is 0. The molecule has 0 saturated heterocycles. The van der Waals surface area contributed by atoms with Gasteiger partial charge in [0.05, 0.1) is 0 Å². The molecule has 0 spiro atoms. The Bertz CT molecular complexity index is 600. The van der Waals surface area contributed by atoms with Gasteiger partial charge in [-0.2, -0.15) is 0 Å². The van der Waals surface area contributed by atoms with Gasteiger partial charge in [-0.3, -0.25) is 4.79 Å². The molecule has 0 fully saturated rings. The van der Waals surface area contributed by atoms with Crippen molar-refractivity contribution in [2.45, 2.75) is 6.54 Å². The van der Waals surface area contributed by atoms with Crippen LogP contribution in [0.5, 0.6) is 0 Å². The number of anilines is 1. The van der Waals surface area contributed by atoms with Crippen LogP contribution in [-0.2, 0) is 6.54 Å². The van der Waals surface area contributed by atoms with Crippen LogP contribution in [0.3, 0.4) is 0 Å². The maximum absolute atomic E-state index is 11.1. The zero-order valence-corrected chi connectivity index (χ0v) is 12.8. The van der Waals surface area contributed by atoms with Gasteiger partial charge in [-0.05, 0) is 29.8 Å². The summed E-state index contributed by atoms with van der Waals surface area (Å²) < 4.78 is 1.05. The minimum Gasteiger partial charge on any atom is -0.370 e. The topological polar surface area (TPSA) is 20.3 Å². The molecule has 0 N–H and O–H groups in total. The van der Waals surface area contributed by atoms with Crippen molar-refractivity contribution >= 4 is 39.5 Å². The fourth-order valence-corrected chi connectivity index (χ4v) is 2.49. The molecule has 19 heavy (non-hydrogen) atoms. The SMILES string of the molecule is CN(Cc1ccccc1Br)c1cc(Cl)ccc1C=O. The molecule has 0 aromatic heterocycles. The number of rotatable bonds is 4. The van der Waals surface area contributed by atoms with E-state index in [1.54, 1.807) is 12.1 Å². The van der Waals surface area contributed by atoms with E-state index >= 15 is 0 Å². The lowest BCUT2D eigenvalue weighted by atomic mass is 10.1. The van der Waals surface area contributed by atoms with Crippen LogP contribution in [0.2, 0.25) is 5.02 Å². The van der Waals surface area contributed by atoms with E-state index in [4.69, 9.17) is 11.6 Å². The molecule has 0 aliphatic heterocycles. The Morgan fingerprint density at radius 2 is 2.00 bits per heavy atom. The maximum Gasteiger partial charge on any atom is 0.152 e. The van der Waals surface area contributed by atoms with Crippen LogP contribution in [0.15, 0.2) is 46.9 Å². The molecule has 0 unspecified atom stereocenters. The molecule has 2 rings (SSSR count). The zero-order valence-electron chi connectivity index (χ0n) is 10.4. The van der Waals surface area contributed by atoms with Gasteiger partial charge in [0, 0.05) is 34.3 Å². The van der Waals surface area contributed by atoms with Crippen molar-refractivity contribution in [1.29, 1.82) is 0 Å². The smallest absolute Gasteiger partial charge is 0.152 e. The fraction of sp³-hybridized carbons (Fsp3) is 0.133. The Kier molecular flexibility index (Phi) is 4.61. The lowest BCUT2D eigenvalue weighted by molar-refractivity contribution is 0.112. The van der Waals surface area contributed by atoms with Crippen LogP contribution in [0.1, 0.15) is 15.9 Å². The average Bonchev–Trinajstić information content (AvgIpc) is 2.41. The summed E-state index contributed by atoms with van der Waals surface area (Å²) in [5, 5.41) is 0.625. The molecule has 4 heteroatoms. The van der Waals surface area contributed by atoms with Crippen molar-refractivity contribution in [3.05, 3.63) is 63.1 Å². The van der Waals surface area contributed by atoms with Crippen molar-refractivity contribution in [2.24, 2.45) is 0 Å². The molecule has 0 amide bonds. The van der Waals surface area contributed by atoms with Crippen LogP contribution in [0.25, 0.3) is 0 Å². The predicted molar refractivity (Wildman–Crippen MR) is 83.1 cm³/mol. The molecular weight excluding hydrogens is 326 g/mol. The molecule has 0 atom stereocenters. The number of halogens is 2. The van der Waals surface area contributed by atoms with E-state index in [2.05, 4.69) is 15.9 Å². The Balaban J connectivity index is 2.30. The highest BCUT2D eigenvalue weighted by Crippen LogP contribution is 2.26. The van der Waals surface area contributed by atoms with Gasteiger partial charge in [0.15, 0.2) is 6.29 Å². The summed E-state index contributed by atoms with van der Waals surface area (Å²) in [6.45, 7) is 0.697. The second-order valence-electron chi connectivity index (χ2n) is 4.27. The van der Waals surface area contributed by atoms with Gasteiger partial charge in [0.2, 0.25) is 0 Å². The van der Waals surface area contributed by atoms with Crippen molar-refractivity contribution in [3.8, 4) is 0 Å². The van der Waals surface area contributed by atoms with Gasteiger partial charge in [0.25, 0.3) is 0 Å². The summed E-state index contributed by atoms with van der Waals surface area (Å²) in [4.78, 5) is 13.1. The quantitative estimate of drug-likeness (QED) is 0.762. The molecule has 0 saturated carbocycles. The first-order chi connectivity index (χ1) is 9.11. The number of benzene rings is 2. The third-order valence-corrected chi connectivity index (χ3v) is 3.90. The Morgan fingerprint density at radius 1 is 1.26 bits per heavy atom. The molecule has 2 nitrogen and oxygen atoms in total. The lowest BCUT2D eigenvalue weighted by Crippen LogP contribution is -2.18. The van der Waals surface area contributed by atoms with E-state index in [1.165, 1.54) is 0 Å². The van der Waals surface area contributed by atoms with Crippen molar-refractivity contribution < 1.29 is 4.79 Å². The highest BCUT2D eigenvalue weighted by Gasteiger charge is 2.09. The van der Waals surface area contributed by atoms with Crippen LogP contribution in [0.4, 0.5) is 5.69 Å². The largest absolute Gasteiger partial charge is 0.370 e. The third-order valence-electron chi connectivity index (χ3n) is 2.90. The number of hydrogen-bond acceptors (Lipinski definition) is 2. The standard InChI is InChI=1S/C15H13BrClNO/c1-18(9-11-4-2-3-5-14(11)16)15-8-13(17)7-6-12(15)10-19/h2-8,10H,9H2,1H3. The van der Waals surface area contributed by atoms with Crippen LogP contribution < -0.4 is 4.90 Å². The highest BCUT2D eigenvalue weighted by molar-refractivity contribution is 9.10. The molecule has 0 radical (unpaired) electrons. The van der Waals surface area contributed by atoms with Crippen molar-refractivity contribution in [1.82, 2.24) is 0 Å². The Labute approximate surface area is 126 Å². The minimum absolute atomic E-state index is 0.625. The first kappa shape index (κ1) is 14.1. The van der Waals surface area contributed by atoms with E-state index in [0.29, 0.717) is 17.1 Å². The van der Waals surface area contributed by atoms with Gasteiger partial charge in [-0.15, -0.1) is 0 Å². The van der Waals surface area contributed by atoms with E-state index in [0.717, 1.165) is 22.0 Å². The van der Waals surface area contributed by atoms with Gasteiger partial charge >= 0.3 is 0 Å². The van der Waals surface area contributed by atoms with Gasteiger partial charge < -0.3 is 4.90 Å². The number of nitrogens with zero attached hydrogens (tertiary/aromatic N) is 1. The van der Waals surface area contributed by atoms with E-state index in [1.807, 2.05) is 42.3 Å². The van der Waals surface area contributed by atoms with Crippen molar-refractivity contribution in [3.63, 3.8) is 0 Å². The van der Waals surface area contributed by atoms with Crippen LogP contribution in [-0.4, -0.2) is 13.3 Å². The summed E-state index contributed by atoms with van der Waals surface area (Å²) in [6.07, 6.45) is 0.849. The van der Waals surface area contributed by atoms with Gasteiger partial charge in [-0.25, -0.2) is 0 Å². The number of carbonyl (C=O) groups excluding carboxylic acids is 1. The van der Waals surface area contributed by atoms with E-state index in [9.17, 15) is 4.79 Å². The summed E-state index contributed by atoms with van der Waals surface area (Å²) >= 11 is 9.53. The highest BCUT2D eigenvalue weighted by atomic mass is 79.9. The molecule has 0 aliphatic carbocycles. The summed E-state index contributed by atoms with van der Waals surface area (Å²) in [7, 11) is 1.94. The first-order valence-corrected chi connectivity index (χ1v) is 6.98. The number of hydrogen-bond donors (Lipinski definition) is 0. The summed E-state index contributed by atoms with van der Waals surface area (Å²) in [6, 6.07) is 13.3. The molecule has 0 heterocycles. The van der Waals surface area contributed by atoms with E-state index in [-0.39, 0.29) is 0 Å². The first-order valence-electron chi connectivity index (χ1n) is 5.81. The Morgan fingerprint density at radius 3 is 2.68 bits per heavy atom. The van der Waals surface area contributed by atoms with Crippen LogP contribution >= 0.6 is 27.5 Å².